The van der Waals surface area contributed by atoms with Gasteiger partial charge in [0.2, 0.25) is 15.9 Å². The molecule has 0 spiro atoms. The lowest BCUT2D eigenvalue weighted by atomic mass is 9.93. The molecule has 2 aliphatic heterocycles. The maximum absolute atomic E-state index is 12.9. The molecule has 7 heteroatoms. The first-order chi connectivity index (χ1) is 12.4. The number of carbonyl (C=O) groups is 1. The highest BCUT2D eigenvalue weighted by Crippen LogP contribution is 2.24. The molecule has 2 aliphatic rings. The predicted octanol–water partition coefficient (Wildman–Crippen LogP) is 1.51. The van der Waals surface area contributed by atoms with Gasteiger partial charge in [-0.1, -0.05) is 24.6 Å². The maximum atomic E-state index is 12.9. The smallest absolute Gasteiger partial charge is 0.243 e. The summed E-state index contributed by atoms with van der Waals surface area (Å²) in [5.41, 5.74) is 1.02. The van der Waals surface area contributed by atoms with Crippen LogP contribution in [0.2, 0.25) is 0 Å². The first-order valence-electron chi connectivity index (χ1n) is 9.46. The van der Waals surface area contributed by atoms with Crippen molar-refractivity contribution in [2.75, 3.05) is 26.2 Å². The van der Waals surface area contributed by atoms with E-state index in [0.717, 1.165) is 31.5 Å². The number of hydrogen-bond acceptors (Lipinski definition) is 4. The zero-order valence-electron chi connectivity index (χ0n) is 15.6. The van der Waals surface area contributed by atoms with Crippen molar-refractivity contribution in [2.24, 2.45) is 11.8 Å². The summed E-state index contributed by atoms with van der Waals surface area (Å²) >= 11 is 0. The molecule has 6 nitrogen and oxygen atoms in total. The minimum atomic E-state index is -3.55. The standard InChI is InChI=1S/C19H29N3O3S/c1-14-5-7-17(8-6-14)26(24,25)22-11-3-4-16(13-22)19(23)21-18-12-20-10-9-15(18)2/h5-8,15-16,18,20H,3-4,9-13H2,1-2H3,(H,21,23). The molecule has 3 unspecified atom stereocenters. The Labute approximate surface area is 156 Å². The molecule has 144 valence electrons. The van der Waals surface area contributed by atoms with Crippen molar-refractivity contribution < 1.29 is 13.2 Å². The van der Waals surface area contributed by atoms with E-state index in [1.807, 2.05) is 6.92 Å². The van der Waals surface area contributed by atoms with Crippen molar-refractivity contribution in [2.45, 2.75) is 44.0 Å². The minimum absolute atomic E-state index is 0.0191. The normalized spacial score (nSPS) is 27.8. The Balaban J connectivity index is 1.66. The lowest BCUT2D eigenvalue weighted by Gasteiger charge is -2.34. The summed E-state index contributed by atoms with van der Waals surface area (Å²) in [5.74, 6) is 0.142. The van der Waals surface area contributed by atoms with Crippen molar-refractivity contribution in [1.29, 1.82) is 0 Å². The fourth-order valence-electron chi connectivity index (χ4n) is 3.72. The third-order valence-corrected chi connectivity index (χ3v) is 7.45. The lowest BCUT2D eigenvalue weighted by Crippen LogP contribution is -2.53. The van der Waals surface area contributed by atoms with E-state index in [2.05, 4.69) is 17.6 Å². The van der Waals surface area contributed by atoms with Crippen LogP contribution in [0.4, 0.5) is 0 Å². The average molecular weight is 380 g/mol. The van der Waals surface area contributed by atoms with E-state index in [1.165, 1.54) is 4.31 Å². The van der Waals surface area contributed by atoms with Gasteiger partial charge in [-0.25, -0.2) is 8.42 Å². The van der Waals surface area contributed by atoms with Gasteiger partial charge in [-0.3, -0.25) is 4.79 Å². The molecule has 0 aliphatic carbocycles. The predicted molar refractivity (Wildman–Crippen MR) is 101 cm³/mol. The summed E-state index contributed by atoms with van der Waals surface area (Å²) in [7, 11) is -3.55. The van der Waals surface area contributed by atoms with E-state index in [1.54, 1.807) is 24.3 Å². The van der Waals surface area contributed by atoms with Gasteiger partial charge in [-0.15, -0.1) is 0 Å². The molecule has 2 fully saturated rings. The molecule has 1 amide bonds. The zero-order valence-corrected chi connectivity index (χ0v) is 16.4. The van der Waals surface area contributed by atoms with E-state index in [9.17, 15) is 13.2 Å². The molecule has 0 saturated carbocycles. The summed E-state index contributed by atoms with van der Waals surface area (Å²) in [5, 5.41) is 6.45. The number of sulfonamides is 1. The van der Waals surface area contributed by atoms with E-state index in [0.29, 0.717) is 23.8 Å². The van der Waals surface area contributed by atoms with Gasteiger partial charge in [0, 0.05) is 25.7 Å². The third kappa shape index (κ3) is 4.27. The topological polar surface area (TPSA) is 78.5 Å². The molecular weight excluding hydrogens is 350 g/mol. The number of piperidine rings is 2. The highest BCUT2D eigenvalue weighted by atomic mass is 32.2. The Morgan fingerprint density at radius 1 is 1.23 bits per heavy atom. The molecule has 0 aromatic heterocycles. The van der Waals surface area contributed by atoms with Crippen molar-refractivity contribution in [1.82, 2.24) is 14.9 Å². The Hall–Kier alpha value is -1.44. The van der Waals surface area contributed by atoms with Crippen LogP contribution in [0, 0.1) is 18.8 Å². The van der Waals surface area contributed by atoms with Gasteiger partial charge < -0.3 is 10.6 Å². The Morgan fingerprint density at radius 2 is 1.96 bits per heavy atom. The Morgan fingerprint density at radius 3 is 2.65 bits per heavy atom. The second-order valence-electron chi connectivity index (χ2n) is 7.60. The van der Waals surface area contributed by atoms with Crippen LogP contribution in [0.1, 0.15) is 31.7 Å². The van der Waals surface area contributed by atoms with E-state index in [-0.39, 0.29) is 24.4 Å². The summed E-state index contributed by atoms with van der Waals surface area (Å²) in [6.07, 6.45) is 2.49. The number of benzene rings is 1. The monoisotopic (exact) mass is 379 g/mol. The Kier molecular flexibility index (Phi) is 5.99. The summed E-state index contributed by atoms with van der Waals surface area (Å²) in [6.45, 7) is 6.59. The minimum Gasteiger partial charge on any atom is -0.352 e. The van der Waals surface area contributed by atoms with Crippen LogP contribution in [0.3, 0.4) is 0 Å². The van der Waals surface area contributed by atoms with Crippen molar-refractivity contribution in [3.05, 3.63) is 29.8 Å². The van der Waals surface area contributed by atoms with Crippen molar-refractivity contribution in [3.63, 3.8) is 0 Å². The molecular formula is C19H29N3O3S. The second kappa shape index (κ2) is 8.06. The van der Waals surface area contributed by atoms with Crippen LogP contribution in [0.5, 0.6) is 0 Å². The number of aryl methyl sites for hydroxylation is 1. The van der Waals surface area contributed by atoms with Crippen LogP contribution in [0.25, 0.3) is 0 Å². The molecule has 1 aromatic carbocycles. The number of amides is 1. The SMILES string of the molecule is Cc1ccc(S(=O)(=O)N2CCCC(C(=O)NC3CNCCC3C)C2)cc1. The lowest BCUT2D eigenvalue weighted by molar-refractivity contribution is -0.127. The van der Waals surface area contributed by atoms with Gasteiger partial charge in [0.1, 0.15) is 0 Å². The average Bonchev–Trinajstić information content (AvgIpc) is 2.64. The number of hydrogen-bond donors (Lipinski definition) is 2. The van der Waals surface area contributed by atoms with Crippen LogP contribution in [-0.2, 0) is 14.8 Å². The fraction of sp³-hybridized carbons (Fsp3) is 0.632. The van der Waals surface area contributed by atoms with Gasteiger partial charge >= 0.3 is 0 Å². The number of nitrogens with zero attached hydrogens (tertiary/aromatic N) is 1. The van der Waals surface area contributed by atoms with E-state index in [4.69, 9.17) is 0 Å². The number of carbonyl (C=O) groups excluding carboxylic acids is 1. The first-order valence-corrected chi connectivity index (χ1v) is 10.9. The highest BCUT2D eigenvalue weighted by Gasteiger charge is 2.34. The van der Waals surface area contributed by atoms with Crippen LogP contribution in [-0.4, -0.2) is 50.9 Å². The van der Waals surface area contributed by atoms with Gasteiger partial charge in [0.05, 0.1) is 10.8 Å². The van der Waals surface area contributed by atoms with E-state index < -0.39 is 10.0 Å². The fourth-order valence-corrected chi connectivity index (χ4v) is 5.24. The molecule has 0 bridgehead atoms. The second-order valence-corrected chi connectivity index (χ2v) is 9.54. The third-order valence-electron chi connectivity index (χ3n) is 5.57. The van der Waals surface area contributed by atoms with Crippen molar-refractivity contribution >= 4 is 15.9 Å². The number of nitrogens with one attached hydrogen (secondary N) is 2. The largest absolute Gasteiger partial charge is 0.352 e. The molecule has 3 atom stereocenters. The van der Waals surface area contributed by atoms with Gasteiger partial charge in [0.25, 0.3) is 0 Å². The Bertz CT molecular complexity index is 733. The molecule has 0 radical (unpaired) electrons. The zero-order chi connectivity index (χ0) is 18.7. The van der Waals surface area contributed by atoms with Gasteiger partial charge in [0.15, 0.2) is 0 Å². The molecule has 26 heavy (non-hydrogen) atoms. The first kappa shape index (κ1) is 19.3. The van der Waals surface area contributed by atoms with Crippen LogP contribution < -0.4 is 10.6 Å². The van der Waals surface area contributed by atoms with Crippen LogP contribution in [0.15, 0.2) is 29.2 Å². The molecule has 2 heterocycles. The highest BCUT2D eigenvalue weighted by molar-refractivity contribution is 7.89. The summed E-state index contributed by atoms with van der Waals surface area (Å²) < 4.78 is 27.3. The molecule has 1 aromatic rings. The summed E-state index contributed by atoms with van der Waals surface area (Å²) in [6, 6.07) is 7.02. The quantitative estimate of drug-likeness (QED) is 0.831. The van der Waals surface area contributed by atoms with E-state index >= 15 is 0 Å². The van der Waals surface area contributed by atoms with Gasteiger partial charge in [-0.05, 0) is 50.8 Å². The van der Waals surface area contributed by atoms with Gasteiger partial charge in [-0.2, -0.15) is 4.31 Å². The molecule has 2 saturated heterocycles. The summed E-state index contributed by atoms with van der Waals surface area (Å²) in [4.78, 5) is 13.0. The molecule has 2 N–H and O–H groups in total. The maximum Gasteiger partial charge on any atom is 0.243 e. The van der Waals surface area contributed by atoms with Crippen molar-refractivity contribution in [3.8, 4) is 0 Å². The van der Waals surface area contributed by atoms with Crippen LogP contribution >= 0.6 is 0 Å². The molecule has 3 rings (SSSR count). The number of rotatable bonds is 4.